The molecule has 2 aromatic rings. The lowest BCUT2D eigenvalue weighted by Crippen LogP contribution is -2.21. The summed E-state index contributed by atoms with van der Waals surface area (Å²) in [4.78, 5) is 48.8. The zero-order valence-corrected chi connectivity index (χ0v) is 20.1. The molecule has 6 atom stereocenters. The number of fused-ring (bicyclic) bond motifs is 1. The van der Waals surface area contributed by atoms with Gasteiger partial charge in [0.25, 0.3) is 0 Å². The van der Waals surface area contributed by atoms with Crippen LogP contribution in [0.1, 0.15) is 19.0 Å². The van der Waals surface area contributed by atoms with Crippen LogP contribution in [0.15, 0.2) is 6.33 Å². The van der Waals surface area contributed by atoms with E-state index in [1.807, 2.05) is 0 Å². The molecule has 6 unspecified atom stereocenters. The second kappa shape index (κ2) is 9.44. The maximum Gasteiger partial charge on any atom is 0.490 e. The number of hydrogen-bond donors (Lipinski definition) is 5. The second-order valence-corrected chi connectivity index (χ2v) is 11.5. The number of aromatic nitrogens is 4. The van der Waals surface area contributed by atoms with Crippen LogP contribution >= 0.6 is 23.5 Å². The van der Waals surface area contributed by atoms with E-state index in [4.69, 9.17) is 22.4 Å². The second-order valence-electron chi connectivity index (χ2n) is 7.06. The average molecular weight is 527 g/mol. The van der Waals surface area contributed by atoms with Gasteiger partial charge in [-0.25, -0.2) is 28.6 Å². The van der Waals surface area contributed by atoms with E-state index in [0.29, 0.717) is 22.8 Å². The first-order valence-electron chi connectivity index (χ1n) is 9.21. The van der Waals surface area contributed by atoms with Crippen LogP contribution in [0.25, 0.3) is 11.2 Å². The minimum Gasteiger partial charge on any atom is -0.371 e. The van der Waals surface area contributed by atoms with Crippen LogP contribution in [-0.4, -0.2) is 66.7 Å². The molecule has 2 radical (unpaired) electrons. The van der Waals surface area contributed by atoms with Crippen LogP contribution < -0.4 is 5.32 Å². The summed E-state index contributed by atoms with van der Waals surface area (Å²) < 4.78 is 53.8. The third kappa shape index (κ3) is 6.08. The van der Waals surface area contributed by atoms with Gasteiger partial charge in [0.1, 0.15) is 18.4 Å². The topological polar surface area (TPSA) is 225 Å². The van der Waals surface area contributed by atoms with E-state index in [2.05, 4.69) is 33.4 Å². The molecule has 0 amide bonds. The Morgan fingerprint density at radius 2 is 1.85 bits per heavy atom. The number of phosphoric acid groups is 3. The van der Waals surface area contributed by atoms with Crippen molar-refractivity contribution in [1.29, 1.82) is 0 Å². The van der Waals surface area contributed by atoms with Crippen LogP contribution in [0.5, 0.6) is 0 Å². The van der Waals surface area contributed by atoms with Crippen molar-refractivity contribution in [2.75, 3.05) is 19.0 Å². The highest BCUT2D eigenvalue weighted by Crippen LogP contribution is 2.66. The summed E-state index contributed by atoms with van der Waals surface area (Å²) in [5, 5.41) is 2.91. The number of nitrogens with one attached hydrogen (secondary N) is 1. The average Bonchev–Trinajstić information content (AvgIpc) is 3.13. The number of ether oxygens (including phenoxy) is 1. The van der Waals surface area contributed by atoms with Crippen LogP contribution in [-0.2, 0) is 31.6 Å². The number of phosphoric ester groups is 1. The summed E-state index contributed by atoms with van der Waals surface area (Å²) in [5.74, 6) is -0.0674. The summed E-state index contributed by atoms with van der Waals surface area (Å²) in [6.07, 6.45) is -0.334. The minimum absolute atomic E-state index is 0.438. The summed E-state index contributed by atoms with van der Waals surface area (Å²) in [6, 6.07) is 0. The first kappa shape index (κ1) is 26.4. The molecule has 0 aliphatic carbocycles. The van der Waals surface area contributed by atoms with Gasteiger partial charge < -0.3 is 29.6 Å². The quantitative estimate of drug-likeness (QED) is 0.227. The van der Waals surface area contributed by atoms with E-state index in [1.165, 1.54) is 6.33 Å². The molecule has 1 fully saturated rings. The number of hydrogen-bond acceptors (Lipinski definition) is 11. The highest BCUT2D eigenvalue weighted by molar-refractivity contribution is 7.66. The van der Waals surface area contributed by atoms with Gasteiger partial charge in [0.05, 0.1) is 20.6 Å². The van der Waals surface area contributed by atoms with Gasteiger partial charge in [-0.1, -0.05) is 6.92 Å². The van der Waals surface area contributed by atoms with Crippen molar-refractivity contribution in [1.82, 2.24) is 19.5 Å². The molecule has 16 nitrogen and oxygen atoms in total. The molecule has 0 aromatic carbocycles. The molecule has 3 heterocycles. The van der Waals surface area contributed by atoms with Gasteiger partial charge in [0.15, 0.2) is 17.0 Å². The predicted molar refractivity (Wildman–Crippen MR) is 112 cm³/mol. The van der Waals surface area contributed by atoms with Crippen LogP contribution in [0, 0.1) is 12.8 Å². The lowest BCUT2D eigenvalue weighted by atomic mass is 9.76. The van der Waals surface area contributed by atoms with Crippen molar-refractivity contribution in [3.63, 3.8) is 0 Å². The molecule has 3 rings (SSSR count). The SMILES string of the molecule is [B]C1C(C)C(COP(=O)(O)OP(=O)(O)OP(=O)(O)O)OC1n1c(C)nc2c(NC)ncnc21. The van der Waals surface area contributed by atoms with Crippen molar-refractivity contribution in [3.8, 4) is 0 Å². The van der Waals surface area contributed by atoms with Gasteiger partial charge in [-0.15, -0.1) is 0 Å². The Bertz CT molecular complexity index is 1170. The van der Waals surface area contributed by atoms with E-state index in [1.54, 1.807) is 25.5 Å². The summed E-state index contributed by atoms with van der Waals surface area (Å²) >= 11 is 0. The molecule has 5 N–H and O–H groups in total. The zero-order chi connectivity index (χ0) is 24.8. The lowest BCUT2D eigenvalue weighted by Gasteiger charge is -2.20. The van der Waals surface area contributed by atoms with Gasteiger partial charge in [0.2, 0.25) is 0 Å². The highest BCUT2D eigenvalue weighted by atomic mass is 31.3. The first-order valence-corrected chi connectivity index (χ1v) is 13.7. The fourth-order valence-electron chi connectivity index (χ4n) is 3.30. The van der Waals surface area contributed by atoms with E-state index < -0.39 is 54.1 Å². The van der Waals surface area contributed by atoms with Gasteiger partial charge in [-0.3, -0.25) is 9.09 Å². The monoisotopic (exact) mass is 527 g/mol. The normalized spacial score (nSPS) is 27.4. The number of imidazole rings is 1. The van der Waals surface area contributed by atoms with Crippen molar-refractivity contribution in [2.24, 2.45) is 5.92 Å². The number of nitrogens with zero attached hydrogens (tertiary/aromatic N) is 4. The van der Waals surface area contributed by atoms with E-state index in [0.717, 1.165) is 0 Å². The standard InChI is InChI=1S/C13H21BN5O11P3/c1-6-8(4-27-32(23,24)30-33(25,26)29-31(20,21)22)28-13(9(6)14)19-7(2)18-10-11(15-3)16-5-17-12(10)19/h5-6,8-9,13H,4H2,1-3H3,(H,23,24)(H,25,26)(H,15,16,17)(H2,20,21,22). The third-order valence-electron chi connectivity index (χ3n) is 4.80. The number of aryl methyl sites for hydroxylation is 1. The van der Waals surface area contributed by atoms with Crippen LogP contribution in [0.2, 0.25) is 5.82 Å². The predicted octanol–water partition coefficient (Wildman–Crippen LogP) is 1.01. The fourth-order valence-corrected chi connectivity index (χ4v) is 6.33. The molecule has 1 aliphatic rings. The highest BCUT2D eigenvalue weighted by Gasteiger charge is 2.44. The smallest absolute Gasteiger partial charge is 0.371 e. The molecular formula is C13H21BN5O11P3. The van der Waals surface area contributed by atoms with E-state index >= 15 is 0 Å². The largest absolute Gasteiger partial charge is 0.490 e. The maximum atomic E-state index is 12.0. The molecule has 2 aromatic heterocycles. The summed E-state index contributed by atoms with van der Waals surface area (Å²) in [7, 11) is -8.42. The zero-order valence-electron chi connectivity index (χ0n) is 17.4. The summed E-state index contributed by atoms with van der Waals surface area (Å²) in [6.45, 7) is 2.79. The van der Waals surface area contributed by atoms with Gasteiger partial charge in [-0.2, -0.15) is 8.62 Å². The minimum atomic E-state index is -5.62. The molecule has 0 bridgehead atoms. The van der Waals surface area contributed by atoms with Gasteiger partial charge >= 0.3 is 23.5 Å². The number of rotatable bonds is 9. The van der Waals surface area contributed by atoms with Crippen molar-refractivity contribution >= 4 is 48.3 Å². The molecule has 1 saturated heterocycles. The van der Waals surface area contributed by atoms with Crippen LogP contribution in [0.4, 0.5) is 5.82 Å². The number of anilines is 1. The molecule has 0 saturated carbocycles. The van der Waals surface area contributed by atoms with Crippen molar-refractivity contribution in [2.45, 2.75) is 32.0 Å². The first-order chi connectivity index (χ1) is 15.1. The van der Waals surface area contributed by atoms with Gasteiger partial charge in [-0.05, 0) is 18.7 Å². The molecule has 182 valence electrons. The third-order valence-corrected chi connectivity index (χ3v) is 8.60. The van der Waals surface area contributed by atoms with Crippen LogP contribution in [0.3, 0.4) is 0 Å². The van der Waals surface area contributed by atoms with E-state index in [-0.39, 0.29) is 0 Å². The van der Waals surface area contributed by atoms with Crippen molar-refractivity contribution < 1.29 is 51.2 Å². The molecule has 20 heteroatoms. The Hall–Kier alpha value is -1.22. The molecule has 1 aliphatic heterocycles. The Morgan fingerprint density at radius 1 is 1.18 bits per heavy atom. The summed E-state index contributed by atoms with van der Waals surface area (Å²) in [5.41, 5.74) is 0.922. The Balaban J connectivity index is 1.75. The van der Waals surface area contributed by atoms with Crippen molar-refractivity contribution in [3.05, 3.63) is 12.2 Å². The molecular weight excluding hydrogens is 506 g/mol. The Labute approximate surface area is 188 Å². The van der Waals surface area contributed by atoms with E-state index in [9.17, 15) is 23.5 Å². The molecule has 0 spiro atoms. The Kier molecular flexibility index (Phi) is 7.55. The Morgan fingerprint density at radius 3 is 2.45 bits per heavy atom. The lowest BCUT2D eigenvalue weighted by molar-refractivity contribution is -0.0279. The van der Waals surface area contributed by atoms with Gasteiger partial charge in [0, 0.05) is 7.05 Å². The molecule has 33 heavy (non-hydrogen) atoms. The fraction of sp³-hybridized carbons (Fsp3) is 0.615. The maximum absolute atomic E-state index is 12.0.